The average molecular weight is 334 g/mol. The Morgan fingerprint density at radius 1 is 1.16 bits per heavy atom. The predicted octanol–water partition coefficient (Wildman–Crippen LogP) is 3.84. The van der Waals surface area contributed by atoms with Gasteiger partial charge in [-0.1, -0.05) is 44.2 Å². The summed E-state index contributed by atoms with van der Waals surface area (Å²) in [6.45, 7) is 8.12. The summed E-state index contributed by atoms with van der Waals surface area (Å²) in [6, 6.07) is 12.0. The van der Waals surface area contributed by atoms with Crippen molar-refractivity contribution < 1.29 is 4.79 Å². The fourth-order valence-corrected chi connectivity index (χ4v) is 2.73. The number of imidazole rings is 1. The molecule has 128 valence electrons. The van der Waals surface area contributed by atoms with Crippen molar-refractivity contribution in [2.24, 2.45) is 5.10 Å². The van der Waals surface area contributed by atoms with Crippen LogP contribution in [0.25, 0.3) is 5.65 Å². The standard InChI is InChI=1S/C20H22N4O/c1-13(2)17-8-6-16(7-9-17)11-21-23-20(25)19-15(4)22-18-10-5-14(3)12-24(18)19/h5-13H,1-4H3,(H,23,25). The van der Waals surface area contributed by atoms with E-state index in [0.29, 0.717) is 17.3 Å². The van der Waals surface area contributed by atoms with E-state index in [2.05, 4.69) is 41.5 Å². The maximum atomic E-state index is 12.5. The second-order valence-corrected chi connectivity index (χ2v) is 6.50. The van der Waals surface area contributed by atoms with Crippen LogP contribution in [-0.2, 0) is 0 Å². The number of carbonyl (C=O) groups excluding carboxylic acids is 1. The highest BCUT2D eigenvalue weighted by molar-refractivity contribution is 5.95. The normalized spacial score (nSPS) is 11.6. The number of amides is 1. The Morgan fingerprint density at radius 3 is 2.56 bits per heavy atom. The molecule has 1 aromatic carbocycles. The summed E-state index contributed by atoms with van der Waals surface area (Å²) in [6.07, 6.45) is 3.55. The number of hydrogen-bond donors (Lipinski definition) is 1. The van der Waals surface area contributed by atoms with Gasteiger partial charge in [-0.25, -0.2) is 10.4 Å². The number of rotatable bonds is 4. The third-order valence-electron chi connectivity index (χ3n) is 4.14. The number of nitrogens with zero attached hydrogens (tertiary/aromatic N) is 3. The Bertz CT molecular complexity index is 936. The number of benzene rings is 1. The van der Waals surface area contributed by atoms with Crippen LogP contribution < -0.4 is 5.43 Å². The summed E-state index contributed by atoms with van der Waals surface area (Å²) >= 11 is 0. The van der Waals surface area contributed by atoms with Crippen molar-refractivity contribution in [1.82, 2.24) is 14.8 Å². The second-order valence-electron chi connectivity index (χ2n) is 6.50. The molecule has 0 radical (unpaired) electrons. The molecule has 1 amide bonds. The van der Waals surface area contributed by atoms with Crippen LogP contribution in [0.3, 0.4) is 0 Å². The molecule has 2 heterocycles. The van der Waals surface area contributed by atoms with Crippen LogP contribution in [0.1, 0.15) is 52.6 Å². The number of fused-ring (bicyclic) bond motifs is 1. The second kappa shape index (κ2) is 6.89. The lowest BCUT2D eigenvalue weighted by Crippen LogP contribution is -2.20. The number of pyridine rings is 1. The van der Waals surface area contributed by atoms with Crippen LogP contribution in [0, 0.1) is 13.8 Å². The van der Waals surface area contributed by atoms with E-state index < -0.39 is 0 Å². The Hall–Kier alpha value is -2.95. The molecule has 25 heavy (non-hydrogen) atoms. The van der Waals surface area contributed by atoms with Gasteiger partial charge in [-0.05, 0) is 42.5 Å². The van der Waals surface area contributed by atoms with Crippen molar-refractivity contribution in [1.29, 1.82) is 0 Å². The number of aryl methyl sites for hydroxylation is 2. The summed E-state index contributed by atoms with van der Waals surface area (Å²) in [5.41, 5.74) is 7.81. The zero-order chi connectivity index (χ0) is 18.0. The number of hydrogen-bond acceptors (Lipinski definition) is 3. The number of carbonyl (C=O) groups is 1. The molecule has 0 saturated carbocycles. The molecule has 3 aromatic rings. The Balaban J connectivity index is 1.76. The van der Waals surface area contributed by atoms with Gasteiger partial charge in [0.1, 0.15) is 11.3 Å². The Kier molecular flexibility index (Phi) is 4.65. The van der Waals surface area contributed by atoms with E-state index in [1.165, 1.54) is 5.56 Å². The largest absolute Gasteiger partial charge is 0.295 e. The molecule has 0 unspecified atom stereocenters. The summed E-state index contributed by atoms with van der Waals surface area (Å²) < 4.78 is 1.80. The van der Waals surface area contributed by atoms with Crippen LogP contribution in [0.2, 0.25) is 0 Å². The van der Waals surface area contributed by atoms with Crippen molar-refractivity contribution >= 4 is 17.8 Å². The van der Waals surface area contributed by atoms with Crippen LogP contribution >= 0.6 is 0 Å². The minimum absolute atomic E-state index is 0.273. The number of nitrogens with one attached hydrogen (secondary N) is 1. The van der Waals surface area contributed by atoms with E-state index >= 15 is 0 Å². The highest BCUT2D eigenvalue weighted by atomic mass is 16.2. The van der Waals surface area contributed by atoms with Crippen LogP contribution in [0.5, 0.6) is 0 Å². The van der Waals surface area contributed by atoms with Crippen molar-refractivity contribution in [3.05, 3.63) is 70.7 Å². The van der Waals surface area contributed by atoms with Gasteiger partial charge in [0.2, 0.25) is 0 Å². The van der Waals surface area contributed by atoms with E-state index in [1.54, 1.807) is 10.6 Å². The maximum Gasteiger partial charge on any atom is 0.290 e. The summed E-state index contributed by atoms with van der Waals surface area (Å²) in [7, 11) is 0. The first kappa shape index (κ1) is 16.9. The molecule has 5 heteroatoms. The first-order valence-electron chi connectivity index (χ1n) is 8.34. The highest BCUT2D eigenvalue weighted by Gasteiger charge is 2.16. The molecule has 2 aromatic heterocycles. The fourth-order valence-electron chi connectivity index (χ4n) is 2.73. The minimum atomic E-state index is -0.273. The molecule has 0 aliphatic rings. The van der Waals surface area contributed by atoms with Crippen molar-refractivity contribution in [2.45, 2.75) is 33.6 Å². The molecular weight excluding hydrogens is 312 g/mol. The van der Waals surface area contributed by atoms with E-state index in [0.717, 1.165) is 16.8 Å². The van der Waals surface area contributed by atoms with Gasteiger partial charge in [0, 0.05) is 6.20 Å². The van der Waals surface area contributed by atoms with Gasteiger partial charge in [0.05, 0.1) is 11.9 Å². The Morgan fingerprint density at radius 2 is 1.88 bits per heavy atom. The van der Waals surface area contributed by atoms with Crippen molar-refractivity contribution in [3.8, 4) is 0 Å². The molecule has 0 aliphatic carbocycles. The van der Waals surface area contributed by atoms with Crippen LogP contribution in [0.4, 0.5) is 0 Å². The van der Waals surface area contributed by atoms with E-state index in [9.17, 15) is 4.79 Å². The molecule has 0 fully saturated rings. The molecule has 1 N–H and O–H groups in total. The highest BCUT2D eigenvalue weighted by Crippen LogP contribution is 2.14. The lowest BCUT2D eigenvalue weighted by Gasteiger charge is -2.05. The fraction of sp³-hybridized carbons (Fsp3) is 0.250. The van der Waals surface area contributed by atoms with Gasteiger partial charge >= 0.3 is 0 Å². The SMILES string of the molecule is Cc1ccc2nc(C)c(C(=O)NN=Cc3ccc(C(C)C)cc3)n2c1. The molecule has 0 atom stereocenters. The van der Waals surface area contributed by atoms with Gasteiger partial charge < -0.3 is 0 Å². The average Bonchev–Trinajstić information content (AvgIpc) is 2.90. The molecule has 5 nitrogen and oxygen atoms in total. The minimum Gasteiger partial charge on any atom is -0.295 e. The topological polar surface area (TPSA) is 58.8 Å². The van der Waals surface area contributed by atoms with Crippen molar-refractivity contribution in [2.75, 3.05) is 0 Å². The first-order chi connectivity index (χ1) is 12.0. The van der Waals surface area contributed by atoms with Crippen LogP contribution in [0.15, 0.2) is 47.7 Å². The van der Waals surface area contributed by atoms with Gasteiger partial charge in [-0.2, -0.15) is 5.10 Å². The molecule has 0 spiro atoms. The maximum absolute atomic E-state index is 12.5. The van der Waals surface area contributed by atoms with Gasteiger partial charge in [-0.15, -0.1) is 0 Å². The van der Waals surface area contributed by atoms with Gasteiger partial charge in [0.15, 0.2) is 0 Å². The number of hydrazone groups is 1. The third kappa shape index (κ3) is 3.60. The molecule has 0 aliphatic heterocycles. The van der Waals surface area contributed by atoms with Crippen molar-refractivity contribution in [3.63, 3.8) is 0 Å². The zero-order valence-corrected chi connectivity index (χ0v) is 14.9. The molecular formula is C20H22N4O. The number of aromatic nitrogens is 2. The van der Waals surface area contributed by atoms with Gasteiger partial charge in [-0.3, -0.25) is 9.20 Å². The zero-order valence-electron chi connectivity index (χ0n) is 14.9. The summed E-state index contributed by atoms with van der Waals surface area (Å²) in [5.74, 6) is 0.220. The third-order valence-corrected chi connectivity index (χ3v) is 4.14. The molecule has 3 rings (SSSR count). The van der Waals surface area contributed by atoms with E-state index in [4.69, 9.17) is 0 Å². The summed E-state index contributed by atoms with van der Waals surface area (Å²) in [5, 5.41) is 4.08. The smallest absolute Gasteiger partial charge is 0.290 e. The van der Waals surface area contributed by atoms with Gasteiger partial charge in [0.25, 0.3) is 5.91 Å². The Labute approximate surface area is 147 Å². The molecule has 0 bridgehead atoms. The first-order valence-corrected chi connectivity index (χ1v) is 8.34. The lowest BCUT2D eigenvalue weighted by atomic mass is 10.0. The summed E-state index contributed by atoms with van der Waals surface area (Å²) in [4.78, 5) is 16.9. The monoisotopic (exact) mass is 334 g/mol. The lowest BCUT2D eigenvalue weighted by molar-refractivity contribution is 0.0948. The molecule has 0 saturated heterocycles. The van der Waals surface area contributed by atoms with Crippen LogP contribution in [-0.4, -0.2) is 21.5 Å². The quantitative estimate of drug-likeness (QED) is 0.582. The van der Waals surface area contributed by atoms with E-state index in [-0.39, 0.29) is 5.91 Å². The predicted molar refractivity (Wildman–Crippen MR) is 100 cm³/mol. The van der Waals surface area contributed by atoms with E-state index in [1.807, 2.05) is 44.3 Å².